The molecule has 3 nitrogen and oxygen atoms in total. The monoisotopic (exact) mass is 428 g/mol. The van der Waals surface area contributed by atoms with Gasteiger partial charge in [-0.15, -0.1) is 0 Å². The van der Waals surface area contributed by atoms with E-state index in [-0.39, 0.29) is 41.3 Å². The van der Waals surface area contributed by atoms with Gasteiger partial charge in [0.25, 0.3) is 0 Å². The standard InChI is InChI=1S/C23H25BrO3/c1-13(2)21-18(20(25)14-8-7-9-15(24)12-14)19-16-10-5-6-11-17(16)26-22(27-21)23(19,3)4/h5-13,18-19,21-22H,1-4H3/t18-,19-,21-,22+/m0/s1. The highest BCUT2D eigenvalue weighted by molar-refractivity contribution is 9.10. The van der Waals surface area contributed by atoms with Gasteiger partial charge in [-0.3, -0.25) is 4.79 Å². The van der Waals surface area contributed by atoms with Gasteiger partial charge in [-0.1, -0.05) is 74.0 Å². The van der Waals surface area contributed by atoms with Crippen molar-refractivity contribution in [3.05, 3.63) is 64.1 Å². The van der Waals surface area contributed by atoms with Crippen molar-refractivity contribution in [2.75, 3.05) is 0 Å². The first kappa shape index (κ1) is 18.7. The number of rotatable bonds is 3. The summed E-state index contributed by atoms with van der Waals surface area (Å²) in [5.41, 5.74) is 1.54. The van der Waals surface area contributed by atoms with Crippen LogP contribution in [0.4, 0.5) is 0 Å². The molecule has 0 unspecified atom stereocenters. The van der Waals surface area contributed by atoms with E-state index in [1.807, 2.05) is 42.5 Å². The average molecular weight is 429 g/mol. The molecule has 0 radical (unpaired) electrons. The Balaban J connectivity index is 1.87. The van der Waals surface area contributed by atoms with Crippen LogP contribution < -0.4 is 4.74 Å². The minimum absolute atomic E-state index is 0.0417. The van der Waals surface area contributed by atoms with E-state index in [1.165, 1.54) is 0 Å². The van der Waals surface area contributed by atoms with E-state index in [9.17, 15) is 4.79 Å². The van der Waals surface area contributed by atoms with Crippen molar-refractivity contribution in [1.29, 1.82) is 0 Å². The zero-order valence-electron chi connectivity index (χ0n) is 16.1. The summed E-state index contributed by atoms with van der Waals surface area (Å²) in [4.78, 5) is 13.7. The molecule has 2 bridgehead atoms. The summed E-state index contributed by atoms with van der Waals surface area (Å²) in [6.07, 6.45) is -0.538. The first-order chi connectivity index (χ1) is 12.8. The molecule has 2 aromatic rings. The number of hydrogen-bond acceptors (Lipinski definition) is 3. The predicted octanol–water partition coefficient (Wildman–Crippen LogP) is 5.83. The lowest BCUT2D eigenvalue weighted by Gasteiger charge is -2.55. The van der Waals surface area contributed by atoms with Gasteiger partial charge in [-0.25, -0.2) is 0 Å². The smallest absolute Gasteiger partial charge is 0.205 e. The Kier molecular flexibility index (Phi) is 4.68. The summed E-state index contributed by atoms with van der Waals surface area (Å²) in [6, 6.07) is 15.7. The Morgan fingerprint density at radius 2 is 1.85 bits per heavy atom. The topological polar surface area (TPSA) is 35.5 Å². The zero-order valence-corrected chi connectivity index (χ0v) is 17.7. The van der Waals surface area contributed by atoms with Crippen LogP contribution in [-0.2, 0) is 4.74 Å². The maximum atomic E-state index is 13.7. The third kappa shape index (κ3) is 3.03. The van der Waals surface area contributed by atoms with Gasteiger partial charge in [0.05, 0.1) is 12.0 Å². The minimum atomic E-state index is -0.351. The molecule has 0 aliphatic carbocycles. The van der Waals surface area contributed by atoms with Crippen LogP contribution in [0.5, 0.6) is 5.75 Å². The molecule has 2 aliphatic rings. The SMILES string of the molecule is CC(C)[C@@H]1O[C@H]2Oc3ccccc3[C@@H]([C@H]1C(=O)c1cccc(Br)c1)C2(C)C. The highest BCUT2D eigenvalue weighted by Crippen LogP contribution is 2.57. The summed E-state index contributed by atoms with van der Waals surface area (Å²) in [5.74, 6) is 0.973. The van der Waals surface area contributed by atoms with Crippen LogP contribution >= 0.6 is 15.9 Å². The van der Waals surface area contributed by atoms with Gasteiger partial charge < -0.3 is 9.47 Å². The molecular formula is C23H25BrO3. The fourth-order valence-electron chi connectivity index (χ4n) is 4.64. The molecule has 2 aliphatic heterocycles. The molecule has 0 amide bonds. The first-order valence-corrected chi connectivity index (χ1v) is 10.3. The molecular weight excluding hydrogens is 404 g/mol. The highest BCUT2D eigenvalue weighted by atomic mass is 79.9. The maximum absolute atomic E-state index is 13.7. The van der Waals surface area contributed by atoms with Crippen molar-refractivity contribution < 1.29 is 14.3 Å². The molecule has 142 valence electrons. The Morgan fingerprint density at radius 1 is 1.11 bits per heavy atom. The molecule has 0 N–H and O–H groups in total. The molecule has 1 fully saturated rings. The van der Waals surface area contributed by atoms with Crippen molar-refractivity contribution in [3.8, 4) is 5.75 Å². The number of carbonyl (C=O) groups excluding carboxylic acids is 1. The number of Topliss-reactive ketones (excluding diaryl/α,β-unsaturated/α-hetero) is 1. The average Bonchev–Trinajstić information content (AvgIpc) is 2.60. The molecule has 0 saturated carbocycles. The normalized spacial score (nSPS) is 28.4. The lowest BCUT2D eigenvalue weighted by atomic mass is 9.60. The quantitative estimate of drug-likeness (QED) is 0.576. The molecule has 1 saturated heterocycles. The van der Waals surface area contributed by atoms with Gasteiger partial charge in [-0.2, -0.15) is 0 Å². The third-order valence-corrected chi connectivity index (χ3v) is 6.45. The van der Waals surface area contributed by atoms with E-state index in [4.69, 9.17) is 9.47 Å². The number of para-hydroxylation sites is 1. The van der Waals surface area contributed by atoms with Crippen molar-refractivity contribution >= 4 is 21.7 Å². The largest absolute Gasteiger partial charge is 0.464 e. The van der Waals surface area contributed by atoms with Crippen molar-refractivity contribution in [2.45, 2.75) is 46.0 Å². The van der Waals surface area contributed by atoms with Crippen LogP contribution in [-0.4, -0.2) is 18.2 Å². The van der Waals surface area contributed by atoms with Gasteiger partial charge in [0.2, 0.25) is 6.29 Å². The maximum Gasteiger partial charge on any atom is 0.205 e. The molecule has 0 spiro atoms. The zero-order chi connectivity index (χ0) is 19.3. The molecule has 2 aromatic carbocycles. The lowest BCUT2D eigenvalue weighted by Crippen LogP contribution is -2.59. The number of halogens is 1. The van der Waals surface area contributed by atoms with E-state index in [1.54, 1.807) is 0 Å². The second-order valence-corrected chi connectivity index (χ2v) is 9.45. The van der Waals surface area contributed by atoms with Crippen LogP contribution in [0.2, 0.25) is 0 Å². The van der Waals surface area contributed by atoms with Gasteiger partial charge in [0, 0.05) is 21.4 Å². The summed E-state index contributed by atoms with van der Waals surface area (Å²) < 4.78 is 13.5. The fourth-order valence-corrected chi connectivity index (χ4v) is 5.04. The summed E-state index contributed by atoms with van der Waals surface area (Å²) in [7, 11) is 0. The summed E-state index contributed by atoms with van der Waals surface area (Å²) >= 11 is 3.50. The number of ketones is 1. The highest BCUT2D eigenvalue weighted by Gasteiger charge is 2.58. The van der Waals surface area contributed by atoms with Gasteiger partial charge in [0.1, 0.15) is 5.75 Å². The minimum Gasteiger partial charge on any atom is -0.464 e. The number of hydrogen-bond donors (Lipinski definition) is 0. The van der Waals surface area contributed by atoms with E-state index in [0.717, 1.165) is 21.3 Å². The molecule has 4 rings (SSSR count). The number of ether oxygens (including phenoxy) is 2. The van der Waals surface area contributed by atoms with Crippen molar-refractivity contribution in [3.63, 3.8) is 0 Å². The summed E-state index contributed by atoms with van der Waals surface area (Å²) in [5, 5.41) is 0. The summed E-state index contributed by atoms with van der Waals surface area (Å²) in [6.45, 7) is 8.53. The fraction of sp³-hybridized carbons (Fsp3) is 0.435. The van der Waals surface area contributed by atoms with Gasteiger partial charge in [-0.05, 0) is 29.7 Å². The van der Waals surface area contributed by atoms with E-state index >= 15 is 0 Å². The van der Waals surface area contributed by atoms with Crippen molar-refractivity contribution in [1.82, 2.24) is 0 Å². The second-order valence-electron chi connectivity index (χ2n) is 8.53. The Bertz CT molecular complexity index is 873. The molecule has 4 atom stereocenters. The predicted molar refractivity (Wildman–Crippen MR) is 109 cm³/mol. The van der Waals surface area contributed by atoms with Crippen LogP contribution in [0.25, 0.3) is 0 Å². The van der Waals surface area contributed by atoms with E-state index in [0.29, 0.717) is 0 Å². The van der Waals surface area contributed by atoms with Crippen LogP contribution in [0.15, 0.2) is 53.0 Å². The van der Waals surface area contributed by atoms with E-state index in [2.05, 4.69) is 49.7 Å². The van der Waals surface area contributed by atoms with Crippen LogP contribution in [0, 0.1) is 17.3 Å². The Labute approximate surface area is 169 Å². The van der Waals surface area contributed by atoms with Crippen molar-refractivity contribution in [2.24, 2.45) is 17.3 Å². The first-order valence-electron chi connectivity index (χ1n) is 9.51. The van der Waals surface area contributed by atoms with Crippen LogP contribution in [0.1, 0.15) is 49.5 Å². The van der Waals surface area contributed by atoms with E-state index < -0.39 is 0 Å². The van der Waals surface area contributed by atoms with Gasteiger partial charge in [0.15, 0.2) is 5.78 Å². The molecule has 4 heteroatoms. The Hall–Kier alpha value is -1.65. The molecule has 2 heterocycles. The molecule has 0 aromatic heterocycles. The number of benzene rings is 2. The molecule has 27 heavy (non-hydrogen) atoms. The van der Waals surface area contributed by atoms with Gasteiger partial charge >= 0.3 is 0 Å². The second kappa shape index (κ2) is 6.75. The Morgan fingerprint density at radius 3 is 2.56 bits per heavy atom. The third-order valence-electron chi connectivity index (χ3n) is 5.96. The van der Waals surface area contributed by atoms with Crippen LogP contribution in [0.3, 0.4) is 0 Å². The lowest BCUT2D eigenvalue weighted by molar-refractivity contribution is -0.249. The number of fused-ring (bicyclic) bond motifs is 4. The number of carbonyl (C=O) groups is 1.